The van der Waals surface area contributed by atoms with Crippen LogP contribution in [0.1, 0.15) is 50.3 Å². The minimum Gasteiger partial charge on any atom is -0.348 e. The molecule has 1 heterocycles. The van der Waals surface area contributed by atoms with Gasteiger partial charge in [-0.15, -0.1) is 5.10 Å². The maximum Gasteiger partial charge on any atom is 0.343 e. The number of benzene rings is 1. The van der Waals surface area contributed by atoms with Crippen LogP contribution in [0.3, 0.4) is 0 Å². The lowest BCUT2D eigenvalue weighted by Crippen LogP contribution is -2.36. The van der Waals surface area contributed by atoms with Crippen LogP contribution in [0.15, 0.2) is 34.2 Å². The Labute approximate surface area is 151 Å². The van der Waals surface area contributed by atoms with E-state index in [1.807, 2.05) is 26.0 Å². The molecule has 0 spiro atoms. The van der Waals surface area contributed by atoms with Crippen molar-refractivity contribution in [1.82, 2.24) is 20.1 Å². The summed E-state index contributed by atoms with van der Waals surface area (Å²) in [4.78, 5) is 24.4. The summed E-state index contributed by atoms with van der Waals surface area (Å²) in [7, 11) is 0. The highest BCUT2D eigenvalue weighted by molar-refractivity contribution is 8.00. The average Bonchev–Trinajstić information content (AvgIpc) is 2.96. The Morgan fingerprint density at radius 2 is 2.28 bits per heavy atom. The molecule has 134 valence electrons. The molecule has 1 aliphatic carbocycles. The Morgan fingerprint density at radius 1 is 1.48 bits per heavy atom. The molecule has 2 aromatic rings. The molecule has 2 N–H and O–H groups in total. The van der Waals surface area contributed by atoms with E-state index in [-0.39, 0.29) is 22.9 Å². The zero-order chi connectivity index (χ0) is 17.8. The van der Waals surface area contributed by atoms with Crippen LogP contribution in [0.2, 0.25) is 0 Å². The molecule has 2 atom stereocenters. The number of thioether (sulfide) groups is 1. The third kappa shape index (κ3) is 3.98. The first kappa shape index (κ1) is 17.8. The van der Waals surface area contributed by atoms with E-state index in [9.17, 15) is 9.59 Å². The number of aromatic amines is 1. The van der Waals surface area contributed by atoms with Crippen molar-refractivity contribution in [3.05, 3.63) is 45.9 Å². The number of amides is 1. The molecule has 3 rings (SSSR count). The van der Waals surface area contributed by atoms with Gasteiger partial charge in [-0.2, -0.15) is 0 Å². The lowest BCUT2D eigenvalue weighted by molar-refractivity contribution is -0.121. The minimum absolute atomic E-state index is 0.0230. The summed E-state index contributed by atoms with van der Waals surface area (Å²) in [6, 6.07) is 8.38. The number of H-pyrrole nitrogens is 1. The summed E-state index contributed by atoms with van der Waals surface area (Å²) < 4.78 is 1.59. The van der Waals surface area contributed by atoms with Gasteiger partial charge in [-0.05, 0) is 43.7 Å². The van der Waals surface area contributed by atoms with E-state index in [1.54, 1.807) is 4.57 Å². The number of carbonyl (C=O) groups is 1. The van der Waals surface area contributed by atoms with Crippen LogP contribution in [0, 0.1) is 0 Å². The molecule has 0 aliphatic heterocycles. The molecule has 6 nitrogen and oxygen atoms in total. The predicted molar refractivity (Wildman–Crippen MR) is 98.7 cm³/mol. The van der Waals surface area contributed by atoms with Crippen molar-refractivity contribution in [2.45, 2.75) is 62.5 Å². The summed E-state index contributed by atoms with van der Waals surface area (Å²) >= 11 is 1.32. The van der Waals surface area contributed by atoms with E-state index in [0.717, 1.165) is 25.7 Å². The zero-order valence-electron chi connectivity index (χ0n) is 14.6. The van der Waals surface area contributed by atoms with E-state index in [0.29, 0.717) is 11.7 Å². The molecule has 0 bridgehead atoms. The third-order valence-corrected chi connectivity index (χ3v) is 5.60. The second-order valence-electron chi connectivity index (χ2n) is 6.38. The average molecular weight is 360 g/mol. The quantitative estimate of drug-likeness (QED) is 0.776. The number of hydrogen-bond acceptors (Lipinski definition) is 4. The third-order valence-electron chi connectivity index (χ3n) is 4.51. The molecule has 7 heteroatoms. The molecule has 0 fully saturated rings. The smallest absolute Gasteiger partial charge is 0.343 e. The normalized spacial score (nSPS) is 17.8. The van der Waals surface area contributed by atoms with Gasteiger partial charge in [-0.25, -0.2) is 9.89 Å². The Balaban J connectivity index is 1.67. The molecule has 1 aliphatic rings. The summed E-state index contributed by atoms with van der Waals surface area (Å²) in [6.45, 7) is 4.46. The van der Waals surface area contributed by atoms with Crippen molar-refractivity contribution in [1.29, 1.82) is 0 Å². The van der Waals surface area contributed by atoms with Gasteiger partial charge in [0.15, 0.2) is 5.16 Å². The largest absolute Gasteiger partial charge is 0.348 e. The molecule has 0 radical (unpaired) electrons. The Hall–Kier alpha value is -2.02. The molecule has 1 amide bonds. The molecular formula is C18H24N4O2S. The monoisotopic (exact) mass is 360 g/mol. The van der Waals surface area contributed by atoms with Crippen LogP contribution in [0.4, 0.5) is 0 Å². The van der Waals surface area contributed by atoms with Gasteiger partial charge >= 0.3 is 5.69 Å². The number of nitrogens with zero attached hydrogens (tertiary/aromatic N) is 2. The lowest BCUT2D eigenvalue weighted by atomic mass is 9.88. The molecule has 0 saturated carbocycles. The fraction of sp³-hybridized carbons (Fsp3) is 0.500. The Morgan fingerprint density at radius 3 is 3.08 bits per heavy atom. The van der Waals surface area contributed by atoms with Crippen LogP contribution in [-0.2, 0) is 17.8 Å². The summed E-state index contributed by atoms with van der Waals surface area (Å²) in [5, 5.41) is 9.93. The van der Waals surface area contributed by atoms with Crippen LogP contribution in [0.25, 0.3) is 0 Å². The van der Waals surface area contributed by atoms with Crippen molar-refractivity contribution in [3.8, 4) is 0 Å². The molecule has 1 aromatic carbocycles. The molecule has 0 saturated heterocycles. The van der Waals surface area contributed by atoms with Gasteiger partial charge in [0.25, 0.3) is 0 Å². The summed E-state index contributed by atoms with van der Waals surface area (Å²) in [6.07, 6.45) is 3.96. The topological polar surface area (TPSA) is 79.8 Å². The SMILES string of the molecule is CCCn1c(S[C@@H](C)C(=O)N[C@@H]2CCCc3ccccc32)n[nH]c1=O. The number of fused-ring (bicyclic) bond motifs is 1. The fourth-order valence-corrected chi connectivity index (χ4v) is 4.11. The minimum atomic E-state index is -0.320. The molecule has 25 heavy (non-hydrogen) atoms. The van der Waals surface area contributed by atoms with Gasteiger partial charge < -0.3 is 5.32 Å². The number of rotatable bonds is 6. The van der Waals surface area contributed by atoms with Crippen LogP contribution >= 0.6 is 11.8 Å². The zero-order valence-corrected chi connectivity index (χ0v) is 15.4. The fourth-order valence-electron chi connectivity index (χ4n) is 3.22. The van der Waals surface area contributed by atoms with Crippen molar-refractivity contribution in [3.63, 3.8) is 0 Å². The number of carbonyl (C=O) groups excluding carboxylic acids is 1. The van der Waals surface area contributed by atoms with E-state index >= 15 is 0 Å². The highest BCUT2D eigenvalue weighted by atomic mass is 32.2. The van der Waals surface area contributed by atoms with Gasteiger partial charge in [-0.3, -0.25) is 9.36 Å². The molecule has 0 unspecified atom stereocenters. The maximum absolute atomic E-state index is 12.6. The Kier molecular flexibility index (Phi) is 5.63. The van der Waals surface area contributed by atoms with Crippen LogP contribution in [-0.4, -0.2) is 25.9 Å². The van der Waals surface area contributed by atoms with E-state index < -0.39 is 0 Å². The standard InChI is InChI=1S/C18H24N4O2S/c1-3-11-22-17(24)20-21-18(22)25-12(2)16(23)19-15-10-6-8-13-7-4-5-9-14(13)15/h4-5,7,9,12,15H,3,6,8,10-11H2,1-2H3,(H,19,23)(H,20,24)/t12-,15+/m0/s1. The number of hydrogen-bond donors (Lipinski definition) is 2. The second-order valence-corrected chi connectivity index (χ2v) is 7.68. The first-order valence-electron chi connectivity index (χ1n) is 8.80. The van der Waals surface area contributed by atoms with E-state index in [1.165, 1.54) is 22.9 Å². The van der Waals surface area contributed by atoms with Crippen LogP contribution < -0.4 is 11.0 Å². The van der Waals surface area contributed by atoms with Gasteiger partial charge in [0, 0.05) is 6.54 Å². The predicted octanol–water partition coefficient (Wildman–Crippen LogP) is 2.66. The summed E-state index contributed by atoms with van der Waals surface area (Å²) in [5.74, 6) is -0.0230. The number of aryl methyl sites for hydroxylation is 1. The second kappa shape index (κ2) is 7.91. The first-order valence-corrected chi connectivity index (χ1v) is 9.68. The van der Waals surface area contributed by atoms with Crippen molar-refractivity contribution >= 4 is 17.7 Å². The van der Waals surface area contributed by atoms with E-state index in [4.69, 9.17) is 0 Å². The number of nitrogens with one attached hydrogen (secondary N) is 2. The summed E-state index contributed by atoms with van der Waals surface area (Å²) in [5.41, 5.74) is 2.32. The van der Waals surface area contributed by atoms with Crippen molar-refractivity contribution in [2.24, 2.45) is 0 Å². The van der Waals surface area contributed by atoms with Gasteiger partial charge in [0.1, 0.15) is 0 Å². The highest BCUT2D eigenvalue weighted by Crippen LogP contribution is 2.30. The Bertz CT molecular complexity index is 798. The highest BCUT2D eigenvalue weighted by Gasteiger charge is 2.25. The van der Waals surface area contributed by atoms with Gasteiger partial charge in [0.2, 0.25) is 5.91 Å². The van der Waals surface area contributed by atoms with Crippen molar-refractivity contribution in [2.75, 3.05) is 0 Å². The molecular weight excluding hydrogens is 336 g/mol. The van der Waals surface area contributed by atoms with Gasteiger partial charge in [0.05, 0.1) is 11.3 Å². The van der Waals surface area contributed by atoms with Crippen molar-refractivity contribution < 1.29 is 4.79 Å². The van der Waals surface area contributed by atoms with E-state index in [2.05, 4.69) is 27.6 Å². The molecule has 1 aromatic heterocycles. The van der Waals surface area contributed by atoms with Gasteiger partial charge in [-0.1, -0.05) is 43.0 Å². The maximum atomic E-state index is 12.6. The first-order chi connectivity index (χ1) is 12.1. The lowest BCUT2D eigenvalue weighted by Gasteiger charge is -2.27. The number of aromatic nitrogens is 3. The van der Waals surface area contributed by atoms with Crippen LogP contribution in [0.5, 0.6) is 0 Å².